The Labute approximate surface area is 128 Å². The minimum absolute atomic E-state index is 0.182. The second-order valence-corrected chi connectivity index (χ2v) is 5.34. The molecule has 2 rings (SSSR count). The molecule has 0 aromatic rings. The summed E-state index contributed by atoms with van der Waals surface area (Å²) in [6.45, 7) is 3.96. The lowest BCUT2D eigenvalue weighted by Crippen LogP contribution is -2.22. The van der Waals surface area contributed by atoms with Crippen molar-refractivity contribution in [1.82, 2.24) is 0 Å². The third kappa shape index (κ3) is 3.10. The lowest BCUT2D eigenvalue weighted by molar-refractivity contribution is -0.135. The Morgan fingerprint density at radius 1 is 1.41 bits per heavy atom. The van der Waals surface area contributed by atoms with Crippen molar-refractivity contribution in [2.24, 2.45) is 0 Å². The molecule has 0 aliphatic carbocycles. The average molecular weight is 306 g/mol. The number of cyclic esters (lactones) is 1. The SMILES string of the molecule is CCCCC1(C)C=C/C(=C2/C(=O)O/C(=C\C(=O)OC)C2=O)O1. The number of carbonyl (C=O) groups is 3. The summed E-state index contributed by atoms with van der Waals surface area (Å²) in [4.78, 5) is 35.2. The van der Waals surface area contributed by atoms with Gasteiger partial charge in [-0.1, -0.05) is 13.3 Å². The van der Waals surface area contributed by atoms with Gasteiger partial charge >= 0.3 is 11.9 Å². The molecular formula is C16H18O6. The first-order valence-corrected chi connectivity index (χ1v) is 7.09. The van der Waals surface area contributed by atoms with Gasteiger partial charge in [-0.25, -0.2) is 9.59 Å². The van der Waals surface area contributed by atoms with Crippen molar-refractivity contribution in [3.05, 3.63) is 35.3 Å². The van der Waals surface area contributed by atoms with E-state index in [1.807, 2.05) is 13.0 Å². The van der Waals surface area contributed by atoms with Crippen molar-refractivity contribution in [2.45, 2.75) is 38.7 Å². The van der Waals surface area contributed by atoms with Gasteiger partial charge in [-0.15, -0.1) is 0 Å². The van der Waals surface area contributed by atoms with Gasteiger partial charge in [0, 0.05) is 0 Å². The van der Waals surface area contributed by atoms with Gasteiger partial charge in [-0.2, -0.15) is 0 Å². The molecule has 0 bridgehead atoms. The molecule has 0 spiro atoms. The standard InChI is InChI=1S/C16H18O6/c1-4-5-7-16(2)8-6-10(22-16)13-14(18)11(21-15(13)19)9-12(17)20-3/h6,8-9H,4-5,7H2,1-3H3/b11-9-,13-10-. The molecule has 0 N–H and O–H groups in total. The maximum Gasteiger partial charge on any atom is 0.351 e. The van der Waals surface area contributed by atoms with Crippen molar-refractivity contribution in [3.8, 4) is 0 Å². The topological polar surface area (TPSA) is 78.9 Å². The minimum atomic E-state index is -0.820. The number of methoxy groups -OCH3 is 1. The van der Waals surface area contributed by atoms with Crippen LogP contribution in [0.25, 0.3) is 0 Å². The zero-order valence-electron chi connectivity index (χ0n) is 12.8. The summed E-state index contributed by atoms with van der Waals surface area (Å²) in [6.07, 6.45) is 7.05. The Morgan fingerprint density at radius 2 is 2.14 bits per heavy atom. The van der Waals surface area contributed by atoms with Crippen LogP contribution < -0.4 is 0 Å². The molecule has 6 heteroatoms. The number of allylic oxidation sites excluding steroid dienone is 2. The van der Waals surface area contributed by atoms with E-state index < -0.39 is 23.3 Å². The molecule has 0 aromatic carbocycles. The van der Waals surface area contributed by atoms with Crippen LogP contribution in [-0.4, -0.2) is 30.4 Å². The first-order chi connectivity index (χ1) is 10.4. The summed E-state index contributed by atoms with van der Waals surface area (Å²) in [5.74, 6) is -2.42. The Bertz CT molecular complexity index is 610. The monoisotopic (exact) mass is 306 g/mol. The van der Waals surface area contributed by atoms with E-state index in [9.17, 15) is 14.4 Å². The molecule has 0 aromatic heterocycles. The van der Waals surface area contributed by atoms with Crippen LogP contribution in [0.2, 0.25) is 0 Å². The Kier molecular flexibility index (Phi) is 4.49. The molecule has 0 amide bonds. The largest absolute Gasteiger partial charge is 0.482 e. The second kappa shape index (κ2) is 6.17. The number of hydrogen-bond acceptors (Lipinski definition) is 6. The Balaban J connectivity index is 2.25. The van der Waals surface area contributed by atoms with Gasteiger partial charge in [-0.3, -0.25) is 4.79 Å². The van der Waals surface area contributed by atoms with Crippen LogP contribution in [0.15, 0.2) is 35.3 Å². The highest BCUT2D eigenvalue weighted by Crippen LogP contribution is 2.34. The summed E-state index contributed by atoms with van der Waals surface area (Å²) < 4.78 is 15.0. The lowest BCUT2D eigenvalue weighted by atomic mass is 10.00. The first-order valence-electron chi connectivity index (χ1n) is 7.09. The molecule has 1 unspecified atom stereocenters. The number of esters is 2. The predicted molar refractivity (Wildman–Crippen MR) is 76.4 cm³/mol. The lowest BCUT2D eigenvalue weighted by Gasteiger charge is -2.22. The zero-order valence-corrected chi connectivity index (χ0v) is 12.8. The van der Waals surface area contributed by atoms with Gasteiger partial charge in [0.2, 0.25) is 5.78 Å². The third-order valence-corrected chi connectivity index (χ3v) is 3.51. The second-order valence-electron chi connectivity index (χ2n) is 5.34. The number of carbonyl (C=O) groups excluding carboxylic acids is 3. The van der Waals surface area contributed by atoms with Crippen molar-refractivity contribution < 1.29 is 28.6 Å². The van der Waals surface area contributed by atoms with Crippen LogP contribution in [0, 0.1) is 0 Å². The molecule has 22 heavy (non-hydrogen) atoms. The van der Waals surface area contributed by atoms with E-state index in [0.717, 1.165) is 25.3 Å². The number of unbranched alkanes of at least 4 members (excludes halogenated alkanes) is 1. The van der Waals surface area contributed by atoms with E-state index in [0.29, 0.717) is 0 Å². The Hall–Kier alpha value is -2.37. The van der Waals surface area contributed by atoms with Crippen molar-refractivity contribution in [3.63, 3.8) is 0 Å². The summed E-state index contributed by atoms with van der Waals surface area (Å²) in [7, 11) is 1.17. The maximum absolute atomic E-state index is 12.2. The van der Waals surface area contributed by atoms with Crippen molar-refractivity contribution in [2.75, 3.05) is 7.11 Å². The molecule has 118 valence electrons. The van der Waals surface area contributed by atoms with Crippen molar-refractivity contribution >= 4 is 17.7 Å². The summed E-state index contributed by atoms with van der Waals surface area (Å²) in [6, 6.07) is 0. The molecule has 1 saturated heterocycles. The summed E-state index contributed by atoms with van der Waals surface area (Å²) in [5, 5.41) is 0. The summed E-state index contributed by atoms with van der Waals surface area (Å²) in [5.41, 5.74) is -0.722. The van der Waals surface area contributed by atoms with Gasteiger partial charge in [0.25, 0.3) is 0 Å². The van der Waals surface area contributed by atoms with Gasteiger partial charge < -0.3 is 14.2 Å². The fourth-order valence-electron chi connectivity index (χ4n) is 2.25. The van der Waals surface area contributed by atoms with E-state index in [-0.39, 0.29) is 17.1 Å². The fraction of sp³-hybridized carbons (Fsp3) is 0.438. The van der Waals surface area contributed by atoms with Crippen LogP contribution in [0.3, 0.4) is 0 Å². The highest BCUT2D eigenvalue weighted by Gasteiger charge is 2.41. The van der Waals surface area contributed by atoms with Crippen molar-refractivity contribution in [1.29, 1.82) is 0 Å². The number of hydrogen-bond donors (Lipinski definition) is 0. The first kappa shape index (κ1) is 16.0. The van der Waals surface area contributed by atoms with E-state index in [2.05, 4.69) is 11.7 Å². The van der Waals surface area contributed by atoms with Gasteiger partial charge in [0.05, 0.1) is 13.2 Å². The Morgan fingerprint density at radius 3 is 2.77 bits per heavy atom. The molecule has 2 aliphatic rings. The molecule has 1 atom stereocenters. The number of Topliss-reactive ketones (excluding diaryl/α,β-unsaturated/α-hetero) is 1. The smallest absolute Gasteiger partial charge is 0.351 e. The third-order valence-electron chi connectivity index (χ3n) is 3.51. The highest BCUT2D eigenvalue weighted by atomic mass is 16.6. The van der Waals surface area contributed by atoms with E-state index in [4.69, 9.17) is 9.47 Å². The van der Waals surface area contributed by atoms with E-state index >= 15 is 0 Å². The predicted octanol–water partition coefficient (Wildman–Crippen LogP) is 1.96. The average Bonchev–Trinajstić information content (AvgIpc) is 2.98. The molecule has 6 nitrogen and oxygen atoms in total. The fourth-order valence-corrected chi connectivity index (χ4v) is 2.25. The van der Waals surface area contributed by atoms with Crippen LogP contribution in [0.4, 0.5) is 0 Å². The summed E-state index contributed by atoms with van der Waals surface area (Å²) >= 11 is 0. The molecule has 0 radical (unpaired) electrons. The quantitative estimate of drug-likeness (QED) is 0.449. The van der Waals surface area contributed by atoms with Gasteiger partial charge in [-0.05, 0) is 31.9 Å². The molecule has 2 aliphatic heterocycles. The van der Waals surface area contributed by atoms with E-state index in [1.165, 1.54) is 7.11 Å². The molecule has 2 heterocycles. The minimum Gasteiger partial charge on any atom is -0.482 e. The van der Waals surface area contributed by atoms with E-state index in [1.54, 1.807) is 6.08 Å². The van der Waals surface area contributed by atoms with Gasteiger partial charge in [0.1, 0.15) is 11.4 Å². The molecular weight excluding hydrogens is 288 g/mol. The molecule has 1 fully saturated rings. The normalized spacial score (nSPS) is 29.0. The molecule has 0 saturated carbocycles. The maximum atomic E-state index is 12.2. The highest BCUT2D eigenvalue weighted by molar-refractivity contribution is 6.29. The zero-order chi connectivity index (χ0) is 16.3. The number of ketones is 1. The van der Waals surface area contributed by atoms with Crippen LogP contribution in [0.5, 0.6) is 0 Å². The van der Waals surface area contributed by atoms with Gasteiger partial charge in [0.15, 0.2) is 11.3 Å². The van der Waals surface area contributed by atoms with Crippen LogP contribution >= 0.6 is 0 Å². The van der Waals surface area contributed by atoms with Crippen LogP contribution in [0.1, 0.15) is 33.1 Å². The number of rotatable bonds is 4. The van der Waals surface area contributed by atoms with Crippen LogP contribution in [-0.2, 0) is 28.6 Å². The number of ether oxygens (including phenoxy) is 3.